The van der Waals surface area contributed by atoms with Gasteiger partial charge in [0.15, 0.2) is 0 Å². The summed E-state index contributed by atoms with van der Waals surface area (Å²) in [4.78, 5) is 0. The average Bonchev–Trinajstić information content (AvgIpc) is 2.65. The second kappa shape index (κ2) is 22.0. The zero-order chi connectivity index (χ0) is 23.1. The Hall–Kier alpha value is -0.170. The molecule has 184 valence electrons. The molecule has 0 atom stereocenters. The van der Waals surface area contributed by atoms with E-state index in [9.17, 15) is 13.0 Å². The SMILES string of the molecule is CCCCCCCCCC[N+](C)(C)CCCCCCCCCC.CCOS(=O)(=O)[O-]. The van der Waals surface area contributed by atoms with Gasteiger partial charge in [0.25, 0.3) is 0 Å². The van der Waals surface area contributed by atoms with Crippen LogP contribution in [-0.2, 0) is 14.6 Å². The van der Waals surface area contributed by atoms with Crippen molar-refractivity contribution in [3.8, 4) is 0 Å². The van der Waals surface area contributed by atoms with Crippen LogP contribution in [0.3, 0.4) is 0 Å². The largest absolute Gasteiger partial charge is 0.726 e. The molecule has 0 heterocycles. The van der Waals surface area contributed by atoms with Gasteiger partial charge in [-0.2, -0.15) is 0 Å². The Bertz CT molecular complexity index is 416. The molecule has 5 nitrogen and oxygen atoms in total. The Kier molecular flexibility index (Phi) is 23.5. The summed E-state index contributed by atoms with van der Waals surface area (Å²) in [5.74, 6) is 0. The number of nitrogens with zero attached hydrogens (tertiary/aromatic N) is 1. The van der Waals surface area contributed by atoms with Crippen LogP contribution >= 0.6 is 0 Å². The van der Waals surface area contributed by atoms with E-state index < -0.39 is 10.4 Å². The quantitative estimate of drug-likeness (QED) is 0.0880. The maximum atomic E-state index is 9.45. The molecule has 0 aliphatic heterocycles. The molecule has 0 unspecified atom stereocenters. The van der Waals surface area contributed by atoms with Gasteiger partial charge in [-0.3, -0.25) is 4.18 Å². The summed E-state index contributed by atoms with van der Waals surface area (Å²) in [6, 6.07) is 0. The first-order valence-corrected chi connectivity index (χ1v) is 13.9. The fourth-order valence-corrected chi connectivity index (χ4v) is 3.89. The second-order valence-corrected chi connectivity index (χ2v) is 10.2. The van der Waals surface area contributed by atoms with Crippen molar-refractivity contribution in [1.82, 2.24) is 0 Å². The van der Waals surface area contributed by atoms with E-state index in [-0.39, 0.29) is 6.61 Å². The van der Waals surface area contributed by atoms with Crippen molar-refractivity contribution in [3.63, 3.8) is 0 Å². The van der Waals surface area contributed by atoms with Gasteiger partial charge in [0.2, 0.25) is 10.4 Å². The molecule has 0 radical (unpaired) electrons. The van der Waals surface area contributed by atoms with Gasteiger partial charge in [0.1, 0.15) is 0 Å². The molecule has 0 aromatic heterocycles. The third-order valence-corrected chi connectivity index (χ3v) is 6.02. The minimum Gasteiger partial charge on any atom is -0.726 e. The van der Waals surface area contributed by atoms with Gasteiger partial charge < -0.3 is 9.04 Å². The van der Waals surface area contributed by atoms with Crippen molar-refractivity contribution in [2.75, 3.05) is 33.8 Å². The molecule has 0 aromatic carbocycles. The molecular formula is C24H53NO4S. The molecule has 0 aromatic rings. The van der Waals surface area contributed by atoms with E-state index in [0.717, 1.165) is 0 Å². The first kappa shape index (κ1) is 32.0. The van der Waals surface area contributed by atoms with Crippen molar-refractivity contribution in [2.45, 2.75) is 124 Å². The zero-order valence-electron chi connectivity index (χ0n) is 20.9. The lowest BCUT2D eigenvalue weighted by Crippen LogP contribution is -2.41. The first-order valence-electron chi connectivity index (χ1n) is 12.6. The lowest BCUT2D eigenvalue weighted by atomic mass is 10.1. The third-order valence-electron chi connectivity index (χ3n) is 5.50. The van der Waals surface area contributed by atoms with Crippen LogP contribution in [0.25, 0.3) is 0 Å². The number of quaternary nitrogens is 1. The van der Waals surface area contributed by atoms with Crippen molar-refractivity contribution in [1.29, 1.82) is 0 Å². The van der Waals surface area contributed by atoms with Crippen LogP contribution in [0, 0.1) is 0 Å². The predicted octanol–water partition coefficient (Wildman–Crippen LogP) is 6.83. The number of unbranched alkanes of at least 4 members (excludes halogenated alkanes) is 14. The Morgan fingerprint density at radius 1 is 0.600 bits per heavy atom. The van der Waals surface area contributed by atoms with Crippen LogP contribution in [0.5, 0.6) is 0 Å². The van der Waals surface area contributed by atoms with E-state index in [1.54, 1.807) is 0 Å². The van der Waals surface area contributed by atoms with E-state index in [0.29, 0.717) is 0 Å². The molecule has 6 heteroatoms. The standard InChI is InChI=1S/C22H48N.C2H6O4S/c1-5-7-9-11-13-15-17-19-21-23(3,4)22-20-18-16-14-12-10-8-6-2;1-2-6-7(3,4)5/h5-22H2,1-4H3;2H2,1H3,(H,3,4,5)/q+1;/p-1. The number of hydrogen-bond donors (Lipinski definition) is 0. The molecule has 30 heavy (non-hydrogen) atoms. The van der Waals surface area contributed by atoms with E-state index >= 15 is 0 Å². The highest BCUT2D eigenvalue weighted by atomic mass is 32.3. The van der Waals surface area contributed by atoms with E-state index in [1.807, 2.05) is 0 Å². The van der Waals surface area contributed by atoms with Crippen LogP contribution in [0.1, 0.15) is 124 Å². The molecule has 0 saturated heterocycles. The number of rotatable bonds is 20. The smallest absolute Gasteiger partial charge is 0.217 e. The van der Waals surface area contributed by atoms with Gasteiger partial charge in [-0.25, -0.2) is 8.42 Å². The molecule has 0 aliphatic rings. The van der Waals surface area contributed by atoms with Crippen LogP contribution < -0.4 is 0 Å². The third kappa shape index (κ3) is 30.0. The Labute approximate surface area is 189 Å². The zero-order valence-corrected chi connectivity index (χ0v) is 21.7. The van der Waals surface area contributed by atoms with Gasteiger partial charge in [0.05, 0.1) is 33.8 Å². The molecule has 0 bridgehead atoms. The summed E-state index contributed by atoms with van der Waals surface area (Å²) in [5.41, 5.74) is 0. The summed E-state index contributed by atoms with van der Waals surface area (Å²) in [6.07, 6.45) is 23.0. The van der Waals surface area contributed by atoms with Gasteiger partial charge in [-0.05, 0) is 32.6 Å². The summed E-state index contributed by atoms with van der Waals surface area (Å²) >= 11 is 0. The lowest BCUT2D eigenvalue weighted by molar-refractivity contribution is -0.890. The molecule has 0 amide bonds. The first-order chi connectivity index (χ1) is 14.2. The fourth-order valence-electron chi connectivity index (χ4n) is 3.60. The topological polar surface area (TPSA) is 66.4 Å². The highest BCUT2D eigenvalue weighted by Crippen LogP contribution is 2.13. The summed E-state index contributed by atoms with van der Waals surface area (Å²) < 4.78 is 33.2. The molecule has 0 fully saturated rings. The van der Waals surface area contributed by atoms with Crippen LogP contribution in [0.15, 0.2) is 0 Å². The summed E-state index contributed by atoms with van der Waals surface area (Å²) in [6.45, 7) is 8.69. The van der Waals surface area contributed by atoms with Gasteiger partial charge in [-0.15, -0.1) is 0 Å². The maximum Gasteiger partial charge on any atom is 0.217 e. The lowest BCUT2D eigenvalue weighted by Gasteiger charge is -2.30. The summed E-state index contributed by atoms with van der Waals surface area (Å²) in [7, 11) is 0.442. The molecular weight excluding hydrogens is 398 g/mol. The monoisotopic (exact) mass is 451 g/mol. The van der Waals surface area contributed by atoms with Crippen LogP contribution in [0.4, 0.5) is 0 Å². The highest BCUT2D eigenvalue weighted by molar-refractivity contribution is 7.80. The fraction of sp³-hybridized carbons (Fsp3) is 1.00. The molecule has 0 spiro atoms. The molecule has 0 rings (SSSR count). The van der Waals surface area contributed by atoms with Gasteiger partial charge >= 0.3 is 0 Å². The molecule has 0 aliphatic carbocycles. The minimum atomic E-state index is -4.42. The van der Waals surface area contributed by atoms with E-state index in [1.165, 1.54) is 127 Å². The average molecular weight is 452 g/mol. The Balaban J connectivity index is 0. The molecule has 0 saturated carbocycles. The maximum absolute atomic E-state index is 9.45. The van der Waals surface area contributed by atoms with Gasteiger partial charge in [-0.1, -0.05) is 90.9 Å². The van der Waals surface area contributed by atoms with Crippen LogP contribution in [-0.4, -0.2) is 51.2 Å². The van der Waals surface area contributed by atoms with E-state index in [2.05, 4.69) is 32.1 Å². The van der Waals surface area contributed by atoms with Crippen molar-refractivity contribution in [2.24, 2.45) is 0 Å². The van der Waals surface area contributed by atoms with Crippen LogP contribution in [0.2, 0.25) is 0 Å². The van der Waals surface area contributed by atoms with Crippen molar-refractivity contribution >= 4 is 10.4 Å². The van der Waals surface area contributed by atoms with E-state index in [4.69, 9.17) is 0 Å². The van der Waals surface area contributed by atoms with Crippen molar-refractivity contribution in [3.05, 3.63) is 0 Å². The normalized spacial score (nSPS) is 11.9. The number of hydrogen-bond acceptors (Lipinski definition) is 4. The Morgan fingerprint density at radius 2 is 0.900 bits per heavy atom. The minimum absolute atomic E-state index is 0.0914. The van der Waals surface area contributed by atoms with Crippen molar-refractivity contribution < 1.29 is 21.6 Å². The molecule has 0 N–H and O–H groups in total. The Morgan fingerprint density at radius 3 is 1.13 bits per heavy atom. The highest BCUT2D eigenvalue weighted by Gasteiger charge is 2.13. The summed E-state index contributed by atoms with van der Waals surface area (Å²) in [5, 5.41) is 0. The second-order valence-electron chi connectivity index (χ2n) is 9.15. The predicted molar refractivity (Wildman–Crippen MR) is 128 cm³/mol. The van der Waals surface area contributed by atoms with Gasteiger partial charge in [0, 0.05) is 0 Å².